The fourth-order valence-electron chi connectivity index (χ4n) is 3.13. The van der Waals surface area contributed by atoms with Crippen LogP contribution < -0.4 is 0 Å². The lowest BCUT2D eigenvalue weighted by atomic mass is 10.1. The molecule has 0 fully saturated rings. The Morgan fingerprint density at radius 2 is 2.04 bits per heavy atom. The smallest absolute Gasteiger partial charge is 0.339 e. The number of rotatable bonds is 4. The first-order valence-corrected chi connectivity index (χ1v) is 8.64. The molecular weight excluding hydrogens is 360 g/mol. The van der Waals surface area contributed by atoms with Gasteiger partial charge in [0.2, 0.25) is 0 Å². The lowest BCUT2D eigenvalue weighted by Crippen LogP contribution is -2.06. The number of aromatic nitrogens is 2. The number of hydrogen-bond acceptors (Lipinski definition) is 7. The molecule has 0 aliphatic rings. The SMILES string of the molecule is Cc1noc2nc(-c3ccco3)cc(C(=O)OCc3cc4ccccc4o3)c12. The number of carbonyl (C=O) groups excluding carboxylic acids is 1. The Morgan fingerprint density at radius 3 is 2.86 bits per heavy atom. The summed E-state index contributed by atoms with van der Waals surface area (Å²) in [6.45, 7) is 1.76. The van der Waals surface area contributed by atoms with Crippen molar-refractivity contribution in [2.45, 2.75) is 13.5 Å². The van der Waals surface area contributed by atoms with E-state index in [1.165, 1.54) is 6.26 Å². The standard InChI is InChI=1S/C21H14N2O5/c1-12-19-15(10-16(18-7-4-8-25-18)22-20(19)28-23-12)21(24)26-11-14-9-13-5-2-3-6-17(13)27-14/h2-10H,11H2,1H3. The maximum atomic E-state index is 12.8. The van der Waals surface area contributed by atoms with Gasteiger partial charge in [0.1, 0.15) is 23.6 Å². The van der Waals surface area contributed by atoms with E-state index in [9.17, 15) is 4.79 Å². The number of benzene rings is 1. The van der Waals surface area contributed by atoms with Gasteiger partial charge in [-0.15, -0.1) is 0 Å². The number of esters is 1. The number of ether oxygens (including phenoxy) is 1. The van der Waals surface area contributed by atoms with Crippen molar-refractivity contribution in [2.75, 3.05) is 0 Å². The summed E-state index contributed by atoms with van der Waals surface area (Å²) in [6, 6.07) is 14.6. The number of carbonyl (C=O) groups is 1. The van der Waals surface area contributed by atoms with Crippen LogP contribution in [0.2, 0.25) is 0 Å². The Labute approximate surface area is 158 Å². The van der Waals surface area contributed by atoms with Crippen LogP contribution in [0.3, 0.4) is 0 Å². The molecule has 0 amide bonds. The lowest BCUT2D eigenvalue weighted by Gasteiger charge is -2.06. The minimum Gasteiger partial charge on any atom is -0.463 e. The predicted octanol–water partition coefficient (Wildman–Crippen LogP) is 4.89. The Bertz CT molecular complexity index is 1260. The monoisotopic (exact) mass is 374 g/mol. The van der Waals surface area contributed by atoms with Crippen LogP contribution in [0.1, 0.15) is 21.8 Å². The molecule has 0 bridgehead atoms. The van der Waals surface area contributed by atoms with Gasteiger partial charge >= 0.3 is 5.97 Å². The van der Waals surface area contributed by atoms with Crippen LogP contribution in [0.15, 0.2) is 68.2 Å². The summed E-state index contributed by atoms with van der Waals surface area (Å²) < 4.78 is 21.8. The normalized spacial score (nSPS) is 11.3. The molecule has 0 N–H and O–H groups in total. The van der Waals surface area contributed by atoms with Crippen LogP contribution in [0.5, 0.6) is 0 Å². The minimum absolute atomic E-state index is 0.0116. The van der Waals surface area contributed by atoms with Crippen molar-refractivity contribution in [3.05, 3.63) is 71.8 Å². The van der Waals surface area contributed by atoms with Gasteiger partial charge in [-0.05, 0) is 37.3 Å². The number of aryl methyl sites for hydroxylation is 1. The molecule has 0 spiro atoms. The van der Waals surface area contributed by atoms with Gasteiger partial charge in [0.25, 0.3) is 5.71 Å². The Balaban J connectivity index is 1.48. The number of pyridine rings is 1. The van der Waals surface area contributed by atoms with Gasteiger partial charge in [-0.25, -0.2) is 9.78 Å². The molecule has 4 aromatic heterocycles. The summed E-state index contributed by atoms with van der Waals surface area (Å²) in [5.41, 5.74) is 2.33. The summed E-state index contributed by atoms with van der Waals surface area (Å²) in [5, 5.41) is 5.39. The average molecular weight is 374 g/mol. The summed E-state index contributed by atoms with van der Waals surface area (Å²) in [4.78, 5) is 17.2. The van der Waals surface area contributed by atoms with Crippen LogP contribution >= 0.6 is 0 Å². The quantitative estimate of drug-likeness (QED) is 0.413. The first-order valence-electron chi connectivity index (χ1n) is 8.64. The molecular formula is C21H14N2O5. The molecule has 5 aromatic rings. The zero-order valence-electron chi connectivity index (χ0n) is 14.8. The first-order chi connectivity index (χ1) is 13.7. The summed E-state index contributed by atoms with van der Waals surface area (Å²) >= 11 is 0. The van der Waals surface area contributed by atoms with Gasteiger partial charge < -0.3 is 18.1 Å². The minimum atomic E-state index is -0.521. The maximum absolute atomic E-state index is 12.8. The molecule has 0 aliphatic carbocycles. The molecule has 0 unspecified atom stereocenters. The van der Waals surface area contributed by atoms with Gasteiger partial charge in [0, 0.05) is 5.39 Å². The molecule has 0 saturated carbocycles. The Kier molecular flexibility index (Phi) is 3.72. The molecule has 0 aliphatic heterocycles. The Morgan fingerprint density at radius 1 is 1.14 bits per heavy atom. The summed E-state index contributed by atoms with van der Waals surface area (Å²) in [5.74, 6) is 0.558. The van der Waals surface area contributed by atoms with E-state index < -0.39 is 5.97 Å². The van der Waals surface area contributed by atoms with E-state index in [0.717, 1.165) is 11.0 Å². The van der Waals surface area contributed by atoms with Crippen LogP contribution in [0, 0.1) is 6.92 Å². The fourth-order valence-corrected chi connectivity index (χ4v) is 3.13. The number of nitrogens with zero attached hydrogens (tertiary/aromatic N) is 2. The van der Waals surface area contributed by atoms with Crippen LogP contribution in [-0.4, -0.2) is 16.1 Å². The molecule has 7 heteroatoms. The average Bonchev–Trinajstić information content (AvgIpc) is 3.45. The highest BCUT2D eigenvalue weighted by atomic mass is 16.5. The highest BCUT2D eigenvalue weighted by molar-refractivity contribution is 6.04. The Hall–Kier alpha value is -3.87. The molecule has 1 aromatic carbocycles. The van der Waals surface area contributed by atoms with Crippen molar-refractivity contribution in [2.24, 2.45) is 0 Å². The third kappa shape index (κ3) is 2.73. The van der Waals surface area contributed by atoms with Crippen molar-refractivity contribution >= 4 is 28.0 Å². The van der Waals surface area contributed by atoms with Crippen LogP contribution in [-0.2, 0) is 11.3 Å². The van der Waals surface area contributed by atoms with E-state index >= 15 is 0 Å². The second-order valence-corrected chi connectivity index (χ2v) is 6.31. The van der Waals surface area contributed by atoms with E-state index in [0.29, 0.717) is 33.9 Å². The van der Waals surface area contributed by atoms with E-state index in [4.69, 9.17) is 18.1 Å². The zero-order valence-corrected chi connectivity index (χ0v) is 14.8. The molecule has 4 heterocycles. The van der Waals surface area contributed by atoms with Gasteiger partial charge in [-0.2, -0.15) is 0 Å². The molecule has 0 atom stereocenters. The second-order valence-electron chi connectivity index (χ2n) is 6.31. The molecule has 0 saturated heterocycles. The van der Waals surface area contributed by atoms with Crippen molar-refractivity contribution < 1.29 is 22.9 Å². The maximum Gasteiger partial charge on any atom is 0.339 e. The van der Waals surface area contributed by atoms with Gasteiger partial charge in [0.05, 0.1) is 22.9 Å². The van der Waals surface area contributed by atoms with Crippen molar-refractivity contribution in [3.63, 3.8) is 0 Å². The van der Waals surface area contributed by atoms with Crippen molar-refractivity contribution in [1.82, 2.24) is 10.1 Å². The van der Waals surface area contributed by atoms with E-state index in [1.54, 1.807) is 25.1 Å². The molecule has 138 valence electrons. The number of para-hydroxylation sites is 1. The number of hydrogen-bond donors (Lipinski definition) is 0. The van der Waals surface area contributed by atoms with E-state index in [2.05, 4.69) is 10.1 Å². The van der Waals surface area contributed by atoms with Crippen molar-refractivity contribution in [3.8, 4) is 11.5 Å². The molecule has 0 radical (unpaired) electrons. The van der Waals surface area contributed by atoms with E-state index in [-0.39, 0.29) is 12.3 Å². The fraction of sp³-hybridized carbons (Fsp3) is 0.0952. The first kappa shape index (κ1) is 16.3. The van der Waals surface area contributed by atoms with Crippen LogP contribution in [0.25, 0.3) is 33.5 Å². The largest absolute Gasteiger partial charge is 0.463 e. The van der Waals surface area contributed by atoms with Gasteiger partial charge in [0.15, 0.2) is 5.76 Å². The highest BCUT2D eigenvalue weighted by Crippen LogP contribution is 2.28. The summed E-state index contributed by atoms with van der Waals surface area (Å²) in [6.07, 6.45) is 1.53. The van der Waals surface area contributed by atoms with Gasteiger partial charge in [-0.1, -0.05) is 23.4 Å². The molecule has 7 nitrogen and oxygen atoms in total. The predicted molar refractivity (Wildman–Crippen MR) is 99.6 cm³/mol. The lowest BCUT2D eigenvalue weighted by molar-refractivity contribution is 0.0450. The molecule has 28 heavy (non-hydrogen) atoms. The number of furan rings is 2. The number of fused-ring (bicyclic) bond motifs is 2. The highest BCUT2D eigenvalue weighted by Gasteiger charge is 2.21. The zero-order chi connectivity index (χ0) is 19.1. The van der Waals surface area contributed by atoms with Gasteiger partial charge in [-0.3, -0.25) is 0 Å². The second kappa shape index (κ2) is 6.38. The molecule has 5 rings (SSSR count). The van der Waals surface area contributed by atoms with E-state index in [1.807, 2.05) is 30.3 Å². The van der Waals surface area contributed by atoms with Crippen molar-refractivity contribution in [1.29, 1.82) is 0 Å². The third-order valence-electron chi connectivity index (χ3n) is 4.43. The third-order valence-corrected chi connectivity index (χ3v) is 4.43. The topological polar surface area (TPSA) is 91.5 Å². The summed E-state index contributed by atoms with van der Waals surface area (Å²) in [7, 11) is 0. The van der Waals surface area contributed by atoms with Crippen LogP contribution in [0.4, 0.5) is 0 Å².